The number of fused-ring (bicyclic) bond motifs is 2. The fraction of sp³-hybridized carbons (Fsp3) is 0.509. The minimum Gasteiger partial charge on any atom is -0.489 e. The molecule has 0 bridgehead atoms. The van der Waals surface area contributed by atoms with Gasteiger partial charge in [0.2, 0.25) is 0 Å². The number of likely N-dealkylation sites (tertiary alicyclic amines) is 1. The van der Waals surface area contributed by atoms with Crippen molar-refractivity contribution in [1.82, 2.24) is 19.6 Å². The number of piperidine rings is 1. The van der Waals surface area contributed by atoms with Crippen LogP contribution in [-0.4, -0.2) is 102 Å². The number of sulfonamides is 1. The van der Waals surface area contributed by atoms with E-state index in [4.69, 9.17) is 18.9 Å². The van der Waals surface area contributed by atoms with Crippen LogP contribution in [0.1, 0.15) is 118 Å². The van der Waals surface area contributed by atoms with Gasteiger partial charge in [-0.1, -0.05) is 38.1 Å². The number of aliphatic hydroxyl groups is 1. The summed E-state index contributed by atoms with van der Waals surface area (Å²) < 4.78 is 54.6. The number of ether oxygens (including phenoxy) is 4. The molecule has 376 valence electrons. The number of H-pyrrole nitrogens is 1. The van der Waals surface area contributed by atoms with E-state index < -0.39 is 37.0 Å². The van der Waals surface area contributed by atoms with Crippen molar-refractivity contribution in [2.75, 3.05) is 49.7 Å². The van der Waals surface area contributed by atoms with Gasteiger partial charge in [0, 0.05) is 60.6 Å². The van der Waals surface area contributed by atoms with Gasteiger partial charge in [-0.2, -0.15) is 4.98 Å². The largest absolute Gasteiger partial charge is 0.489 e. The Morgan fingerprint density at radius 1 is 0.972 bits per heavy atom. The van der Waals surface area contributed by atoms with Gasteiger partial charge in [-0.15, -0.1) is 0 Å². The number of carbonyl (C=O) groups excluding carboxylic acids is 1. The van der Waals surface area contributed by atoms with E-state index in [9.17, 15) is 28.4 Å². The minimum atomic E-state index is -4.72. The van der Waals surface area contributed by atoms with Gasteiger partial charge in [-0.3, -0.25) is 19.8 Å². The molecule has 18 heteroatoms. The van der Waals surface area contributed by atoms with Gasteiger partial charge in [0.1, 0.15) is 24.1 Å². The molecule has 3 aromatic carbocycles. The molecular weight excluding hydrogens is 927 g/mol. The van der Waals surface area contributed by atoms with E-state index in [-0.39, 0.29) is 64.5 Å². The molecule has 1 spiro atoms. The number of nitrogens with one attached hydrogen (secondary N) is 3. The second-order valence-corrected chi connectivity index (χ2v) is 23.1. The lowest BCUT2D eigenvalue weighted by molar-refractivity contribution is -0.384. The smallest absolute Gasteiger partial charge is 0.297 e. The molecule has 2 aliphatic carbocycles. The average Bonchev–Trinajstić information content (AvgIpc) is 4.01. The molecule has 5 fully saturated rings. The van der Waals surface area contributed by atoms with Gasteiger partial charge < -0.3 is 39.3 Å². The number of anilines is 2. The van der Waals surface area contributed by atoms with Gasteiger partial charge in [0.15, 0.2) is 17.2 Å². The Labute approximate surface area is 413 Å². The van der Waals surface area contributed by atoms with Gasteiger partial charge in [-0.05, 0) is 130 Å². The third kappa shape index (κ3) is 9.39. The molecule has 11 rings (SSSR count). The monoisotopic (exact) mass is 989 g/mol. The molecule has 0 radical (unpaired) electrons. The molecule has 5 aromatic rings. The van der Waals surface area contributed by atoms with Crippen LogP contribution in [-0.2, 0) is 14.8 Å². The summed E-state index contributed by atoms with van der Waals surface area (Å²) in [5.74, 6) is 0.0395. The van der Waals surface area contributed by atoms with E-state index in [0.717, 1.165) is 49.6 Å². The SMILES string of the molecule is CC(C)c1ccccc1[C@@H]1CCCN1C1CC2(CCN(c3ccc(C(=O)NS(=O)(=O)c4cc5c(c([N+](=O)[O-])c4)N[C@@H]([C@H]4CC[C@](C)(O)CC4)CO5)c(Oc4cc5cc[nH]c5nc4OC4COC4)c3)CC2)C1. The molecule has 3 saturated heterocycles. The van der Waals surface area contributed by atoms with E-state index in [1.807, 2.05) is 6.07 Å². The highest BCUT2D eigenvalue weighted by Crippen LogP contribution is 2.54. The van der Waals surface area contributed by atoms with Gasteiger partial charge in [0.05, 0.1) is 40.2 Å². The van der Waals surface area contributed by atoms with Crippen LogP contribution in [0.15, 0.2) is 77.8 Å². The molecule has 0 unspecified atom stereocenters. The Morgan fingerprint density at radius 3 is 2.48 bits per heavy atom. The first-order valence-electron chi connectivity index (χ1n) is 25.3. The molecule has 6 heterocycles. The first-order chi connectivity index (χ1) is 34.1. The highest BCUT2D eigenvalue weighted by Gasteiger charge is 2.50. The number of aromatic amines is 1. The van der Waals surface area contributed by atoms with Crippen molar-refractivity contribution >= 4 is 44.0 Å². The summed E-state index contributed by atoms with van der Waals surface area (Å²) in [5.41, 5.74) is 3.32. The Balaban J connectivity index is 0.837. The standard InChI is InChI=1S/C53H63N7O10S/c1-32(2)39-7-4-5-8-40(39)43-9-6-20-59(43)36-27-53(28-36)17-21-58(22-18-53)35-10-11-41(45(24-35)70-47-23-34-14-19-54-49(34)56-51(47)69-37-29-67-30-37)50(61)57-71(65,66)38-25-44(60(63)64)48-46(26-38)68-31-42(55-48)33-12-15-52(3,62)16-13-33/h4-5,7-8,10-11,14,19,23-26,32-33,36-37,42-43,55,62H,6,9,12-13,15-18,20-22,27-31H2,1-3H3,(H,54,56)(H,57,61)/t33-,42-,43+,52-/m1/s1. The van der Waals surface area contributed by atoms with Crippen molar-refractivity contribution in [3.05, 3.63) is 99.7 Å². The van der Waals surface area contributed by atoms with Crippen LogP contribution in [0.3, 0.4) is 0 Å². The first kappa shape index (κ1) is 47.4. The molecule has 2 aromatic heterocycles. The molecule has 2 atom stereocenters. The number of pyridine rings is 1. The number of nitrogens with zero attached hydrogens (tertiary/aromatic N) is 4. The van der Waals surface area contributed by atoms with E-state index >= 15 is 0 Å². The molecular formula is C53H63N7O10S. The third-order valence-electron chi connectivity index (χ3n) is 16.3. The number of rotatable bonds is 13. The van der Waals surface area contributed by atoms with Crippen molar-refractivity contribution in [2.24, 2.45) is 11.3 Å². The summed E-state index contributed by atoms with van der Waals surface area (Å²) in [6.45, 7) is 10.0. The van der Waals surface area contributed by atoms with Crippen molar-refractivity contribution in [3.63, 3.8) is 0 Å². The maximum Gasteiger partial charge on any atom is 0.297 e. The number of carbonyl (C=O) groups is 1. The third-order valence-corrected chi connectivity index (χ3v) is 17.6. The maximum absolute atomic E-state index is 14.4. The van der Waals surface area contributed by atoms with Crippen LogP contribution in [0.25, 0.3) is 11.0 Å². The zero-order valence-corrected chi connectivity index (χ0v) is 41.3. The predicted molar refractivity (Wildman–Crippen MR) is 267 cm³/mol. The number of hydrogen-bond acceptors (Lipinski definition) is 14. The second-order valence-electron chi connectivity index (χ2n) is 21.4. The molecule has 1 amide bonds. The fourth-order valence-corrected chi connectivity index (χ4v) is 13.1. The number of benzene rings is 3. The number of aromatic nitrogens is 2. The van der Waals surface area contributed by atoms with Gasteiger partial charge in [-0.25, -0.2) is 13.1 Å². The Bertz CT molecular complexity index is 2950. The summed E-state index contributed by atoms with van der Waals surface area (Å²) >= 11 is 0. The van der Waals surface area contributed by atoms with Crippen LogP contribution >= 0.6 is 0 Å². The predicted octanol–water partition coefficient (Wildman–Crippen LogP) is 8.98. The summed E-state index contributed by atoms with van der Waals surface area (Å²) in [4.78, 5) is 38.5. The highest BCUT2D eigenvalue weighted by atomic mass is 32.2. The molecule has 6 aliphatic rings. The van der Waals surface area contributed by atoms with Crippen molar-refractivity contribution < 1.29 is 42.2 Å². The summed E-state index contributed by atoms with van der Waals surface area (Å²) in [6.07, 6.45) is 10.9. The number of nitro benzene ring substituents is 1. The minimum absolute atomic E-state index is 0.00937. The highest BCUT2D eigenvalue weighted by molar-refractivity contribution is 7.90. The average molecular weight is 990 g/mol. The lowest BCUT2D eigenvalue weighted by Gasteiger charge is -2.56. The molecule has 4 N–H and O–H groups in total. The number of nitro groups is 1. The first-order valence-corrected chi connectivity index (χ1v) is 26.7. The molecule has 71 heavy (non-hydrogen) atoms. The summed E-state index contributed by atoms with van der Waals surface area (Å²) in [5, 5.41) is 27.0. The zero-order valence-electron chi connectivity index (χ0n) is 40.5. The van der Waals surface area contributed by atoms with Crippen LogP contribution in [0.2, 0.25) is 0 Å². The Kier molecular flexibility index (Phi) is 12.4. The van der Waals surface area contributed by atoms with Gasteiger partial charge >= 0.3 is 0 Å². The van der Waals surface area contributed by atoms with E-state index in [1.165, 1.54) is 42.9 Å². The van der Waals surface area contributed by atoms with Crippen LogP contribution in [0.5, 0.6) is 23.1 Å². The maximum atomic E-state index is 14.4. The zero-order chi connectivity index (χ0) is 49.2. The summed E-state index contributed by atoms with van der Waals surface area (Å²) in [6, 6.07) is 20.6. The lowest BCUT2D eigenvalue weighted by Crippen LogP contribution is -2.54. The number of hydrogen-bond donors (Lipinski definition) is 4. The molecule has 4 aliphatic heterocycles. The normalized spacial score (nSPS) is 24.7. The quantitative estimate of drug-likeness (QED) is 0.0641. The van der Waals surface area contributed by atoms with Gasteiger partial charge in [0.25, 0.3) is 27.5 Å². The fourth-order valence-electron chi connectivity index (χ4n) is 12.1. The van der Waals surface area contributed by atoms with Crippen LogP contribution in [0.4, 0.5) is 17.1 Å². The van der Waals surface area contributed by atoms with Crippen LogP contribution in [0, 0.1) is 21.4 Å². The topological polar surface area (TPSA) is 211 Å². The van der Waals surface area contributed by atoms with Crippen molar-refractivity contribution in [1.29, 1.82) is 0 Å². The summed E-state index contributed by atoms with van der Waals surface area (Å²) in [7, 11) is -4.72. The second kappa shape index (κ2) is 18.6. The Hall–Kier alpha value is -5.95. The Morgan fingerprint density at radius 2 is 1.75 bits per heavy atom. The number of amides is 1. The van der Waals surface area contributed by atoms with E-state index in [1.54, 1.807) is 37.4 Å². The molecule has 17 nitrogen and oxygen atoms in total. The lowest BCUT2D eigenvalue weighted by atomic mass is 9.59. The van der Waals surface area contributed by atoms with Crippen molar-refractivity contribution in [2.45, 2.75) is 126 Å². The van der Waals surface area contributed by atoms with Crippen LogP contribution < -0.4 is 29.1 Å². The van der Waals surface area contributed by atoms with Crippen molar-refractivity contribution in [3.8, 4) is 23.1 Å². The van der Waals surface area contributed by atoms with E-state index in [2.05, 4.69) is 67.9 Å². The molecule has 2 saturated carbocycles. The van der Waals surface area contributed by atoms with E-state index in [0.29, 0.717) is 62.5 Å².